The quantitative estimate of drug-likeness (QED) is 0.643. The first-order chi connectivity index (χ1) is 10.2. The van der Waals surface area contributed by atoms with Gasteiger partial charge in [0.15, 0.2) is 5.13 Å². The number of nitrogens with zero attached hydrogens (tertiary/aromatic N) is 1. The molecule has 3 nitrogen and oxygen atoms in total. The Morgan fingerprint density at radius 2 is 1.90 bits per heavy atom. The monoisotopic (exact) mass is 406 g/mol. The average molecular weight is 406 g/mol. The van der Waals surface area contributed by atoms with E-state index in [9.17, 15) is 4.79 Å². The van der Waals surface area contributed by atoms with Gasteiger partial charge in [-0.15, -0.1) is 11.3 Å². The molecule has 1 N–H and O–H groups in total. The molecular formula is C16H11IN2OS. The minimum absolute atomic E-state index is 0.137. The minimum Gasteiger partial charge on any atom is -0.298 e. The maximum atomic E-state index is 12.2. The minimum atomic E-state index is -0.137. The Hall–Kier alpha value is -1.73. The lowest BCUT2D eigenvalue weighted by atomic mass is 10.2. The molecule has 0 aliphatic rings. The highest BCUT2D eigenvalue weighted by Crippen LogP contribution is 2.25. The highest BCUT2D eigenvalue weighted by molar-refractivity contribution is 14.1. The summed E-state index contributed by atoms with van der Waals surface area (Å²) in [6.45, 7) is 0. The lowest BCUT2D eigenvalue weighted by Crippen LogP contribution is -2.11. The second kappa shape index (κ2) is 6.36. The molecule has 2 aromatic carbocycles. The number of benzene rings is 2. The van der Waals surface area contributed by atoms with Gasteiger partial charge in [-0.25, -0.2) is 4.98 Å². The molecule has 0 fully saturated rings. The van der Waals surface area contributed by atoms with E-state index in [1.807, 2.05) is 53.9 Å². The van der Waals surface area contributed by atoms with Gasteiger partial charge in [-0.1, -0.05) is 36.4 Å². The second-order valence-electron chi connectivity index (χ2n) is 4.37. The van der Waals surface area contributed by atoms with Gasteiger partial charge in [0, 0.05) is 20.1 Å². The van der Waals surface area contributed by atoms with Crippen LogP contribution in [0.15, 0.2) is 60.0 Å². The van der Waals surface area contributed by atoms with E-state index in [-0.39, 0.29) is 5.91 Å². The van der Waals surface area contributed by atoms with Gasteiger partial charge in [0.05, 0.1) is 5.69 Å². The van der Waals surface area contributed by atoms with E-state index in [2.05, 4.69) is 32.9 Å². The van der Waals surface area contributed by atoms with Gasteiger partial charge in [-0.3, -0.25) is 10.1 Å². The maximum Gasteiger partial charge on any atom is 0.257 e. The molecule has 1 amide bonds. The van der Waals surface area contributed by atoms with Gasteiger partial charge in [-0.05, 0) is 40.8 Å². The molecular weight excluding hydrogens is 395 g/mol. The van der Waals surface area contributed by atoms with Crippen LogP contribution in [0.25, 0.3) is 11.3 Å². The predicted octanol–water partition coefficient (Wildman–Crippen LogP) is 4.67. The van der Waals surface area contributed by atoms with Gasteiger partial charge in [0.25, 0.3) is 5.91 Å². The molecule has 0 saturated heterocycles. The summed E-state index contributed by atoms with van der Waals surface area (Å²) < 4.78 is 1.03. The van der Waals surface area contributed by atoms with Gasteiger partial charge in [-0.2, -0.15) is 0 Å². The smallest absolute Gasteiger partial charge is 0.257 e. The van der Waals surface area contributed by atoms with Crippen molar-refractivity contribution in [2.75, 3.05) is 5.32 Å². The van der Waals surface area contributed by atoms with Crippen molar-refractivity contribution in [1.29, 1.82) is 0 Å². The normalized spacial score (nSPS) is 10.3. The van der Waals surface area contributed by atoms with Crippen molar-refractivity contribution in [3.05, 3.63) is 69.1 Å². The Kier molecular flexibility index (Phi) is 4.31. The molecule has 104 valence electrons. The first kappa shape index (κ1) is 14.2. The Bertz CT molecular complexity index is 771. The van der Waals surface area contributed by atoms with Gasteiger partial charge in [0.1, 0.15) is 0 Å². The molecule has 3 rings (SSSR count). The van der Waals surface area contributed by atoms with E-state index >= 15 is 0 Å². The number of nitrogens with one attached hydrogen (secondary N) is 1. The highest BCUT2D eigenvalue weighted by atomic mass is 127. The fraction of sp³-hybridized carbons (Fsp3) is 0. The van der Waals surface area contributed by atoms with E-state index in [0.29, 0.717) is 10.7 Å². The van der Waals surface area contributed by atoms with Crippen molar-refractivity contribution in [1.82, 2.24) is 4.98 Å². The number of carbonyl (C=O) groups is 1. The molecule has 0 aliphatic heterocycles. The van der Waals surface area contributed by atoms with Crippen LogP contribution in [0.2, 0.25) is 0 Å². The number of anilines is 1. The zero-order valence-corrected chi connectivity index (χ0v) is 13.9. The maximum absolute atomic E-state index is 12.2. The van der Waals surface area contributed by atoms with Gasteiger partial charge < -0.3 is 0 Å². The summed E-state index contributed by atoms with van der Waals surface area (Å²) in [5.74, 6) is -0.137. The van der Waals surface area contributed by atoms with Crippen molar-refractivity contribution in [3.63, 3.8) is 0 Å². The Balaban J connectivity index is 1.77. The third-order valence-electron chi connectivity index (χ3n) is 2.88. The molecule has 0 unspecified atom stereocenters. The Labute approximate surface area is 140 Å². The molecule has 0 bridgehead atoms. The fourth-order valence-electron chi connectivity index (χ4n) is 1.87. The van der Waals surface area contributed by atoms with Gasteiger partial charge in [0.2, 0.25) is 0 Å². The van der Waals surface area contributed by atoms with Crippen LogP contribution in [0, 0.1) is 3.57 Å². The van der Waals surface area contributed by atoms with E-state index in [0.717, 1.165) is 14.8 Å². The molecule has 3 aromatic rings. The zero-order chi connectivity index (χ0) is 14.7. The number of amides is 1. The SMILES string of the molecule is O=C(Nc1nc(-c2ccccc2)cs1)c1cccc(I)c1. The van der Waals surface area contributed by atoms with Gasteiger partial charge >= 0.3 is 0 Å². The van der Waals surface area contributed by atoms with E-state index in [1.165, 1.54) is 11.3 Å². The number of carbonyl (C=O) groups excluding carboxylic acids is 1. The highest BCUT2D eigenvalue weighted by Gasteiger charge is 2.10. The number of thiazole rings is 1. The van der Waals surface area contributed by atoms with E-state index in [4.69, 9.17) is 0 Å². The lowest BCUT2D eigenvalue weighted by Gasteiger charge is -2.02. The summed E-state index contributed by atoms with van der Waals surface area (Å²) in [6.07, 6.45) is 0. The van der Waals surface area contributed by atoms with Crippen LogP contribution in [-0.2, 0) is 0 Å². The Morgan fingerprint density at radius 1 is 1.10 bits per heavy atom. The van der Waals surface area contributed by atoms with Crippen LogP contribution in [0.4, 0.5) is 5.13 Å². The molecule has 0 radical (unpaired) electrons. The number of rotatable bonds is 3. The van der Waals surface area contributed by atoms with E-state index in [1.54, 1.807) is 6.07 Å². The van der Waals surface area contributed by atoms with Crippen molar-refractivity contribution in [2.45, 2.75) is 0 Å². The summed E-state index contributed by atoms with van der Waals surface area (Å²) in [7, 11) is 0. The fourth-order valence-corrected chi connectivity index (χ4v) is 3.13. The molecule has 1 heterocycles. The van der Waals surface area contributed by atoms with Crippen molar-refractivity contribution in [2.24, 2.45) is 0 Å². The number of halogens is 1. The molecule has 0 aliphatic carbocycles. The summed E-state index contributed by atoms with van der Waals surface area (Å²) in [5.41, 5.74) is 2.56. The summed E-state index contributed by atoms with van der Waals surface area (Å²) in [4.78, 5) is 16.6. The molecule has 5 heteroatoms. The first-order valence-corrected chi connectivity index (χ1v) is 8.26. The van der Waals surface area contributed by atoms with Crippen LogP contribution < -0.4 is 5.32 Å². The van der Waals surface area contributed by atoms with Crippen molar-refractivity contribution in [3.8, 4) is 11.3 Å². The first-order valence-electron chi connectivity index (χ1n) is 6.30. The molecule has 0 atom stereocenters. The molecule has 1 aromatic heterocycles. The zero-order valence-electron chi connectivity index (χ0n) is 10.9. The number of hydrogen-bond donors (Lipinski definition) is 1. The molecule has 0 saturated carbocycles. The summed E-state index contributed by atoms with van der Waals surface area (Å²) in [6, 6.07) is 17.4. The standard InChI is InChI=1S/C16H11IN2OS/c17-13-8-4-7-12(9-13)15(20)19-16-18-14(10-21-16)11-5-2-1-3-6-11/h1-10H,(H,18,19,20). The predicted molar refractivity (Wildman–Crippen MR) is 94.7 cm³/mol. The third-order valence-corrected chi connectivity index (χ3v) is 4.31. The summed E-state index contributed by atoms with van der Waals surface area (Å²) in [5, 5.41) is 5.39. The van der Waals surface area contributed by atoms with Crippen molar-refractivity contribution < 1.29 is 4.79 Å². The Morgan fingerprint density at radius 3 is 2.67 bits per heavy atom. The van der Waals surface area contributed by atoms with Crippen molar-refractivity contribution >= 4 is 45.0 Å². The topological polar surface area (TPSA) is 42.0 Å². The largest absolute Gasteiger partial charge is 0.298 e. The molecule has 0 spiro atoms. The van der Waals surface area contributed by atoms with Crippen LogP contribution >= 0.6 is 33.9 Å². The number of hydrogen-bond acceptors (Lipinski definition) is 3. The molecule has 21 heavy (non-hydrogen) atoms. The van der Waals surface area contributed by atoms with Crippen LogP contribution in [0.5, 0.6) is 0 Å². The van der Waals surface area contributed by atoms with Crippen LogP contribution in [0.3, 0.4) is 0 Å². The van der Waals surface area contributed by atoms with E-state index < -0.39 is 0 Å². The third kappa shape index (κ3) is 3.48. The second-order valence-corrected chi connectivity index (χ2v) is 6.47. The lowest BCUT2D eigenvalue weighted by molar-refractivity contribution is 0.102. The van der Waals surface area contributed by atoms with Crippen LogP contribution in [0.1, 0.15) is 10.4 Å². The average Bonchev–Trinajstić information content (AvgIpc) is 2.97. The summed E-state index contributed by atoms with van der Waals surface area (Å²) >= 11 is 3.62. The van der Waals surface area contributed by atoms with Crippen LogP contribution in [-0.4, -0.2) is 10.9 Å². The number of aromatic nitrogens is 1.